The van der Waals surface area contributed by atoms with Crippen LogP contribution in [0.2, 0.25) is 0 Å². The van der Waals surface area contributed by atoms with Crippen LogP contribution in [0.4, 0.5) is 5.82 Å². The number of pyridine rings is 1. The first-order valence-corrected chi connectivity index (χ1v) is 8.41. The highest BCUT2D eigenvalue weighted by Gasteiger charge is 2.06. The van der Waals surface area contributed by atoms with E-state index in [1.165, 1.54) is 12.3 Å². The van der Waals surface area contributed by atoms with Gasteiger partial charge in [0.2, 0.25) is 11.8 Å². The Morgan fingerprint density at radius 3 is 2.93 bits per heavy atom. The van der Waals surface area contributed by atoms with Gasteiger partial charge in [-0.2, -0.15) is 5.10 Å². The second kappa shape index (κ2) is 9.14. The molecule has 2 N–H and O–H groups in total. The normalized spacial score (nSPS) is 10.8. The van der Waals surface area contributed by atoms with Crippen molar-refractivity contribution in [1.29, 1.82) is 0 Å². The molecule has 8 nitrogen and oxygen atoms in total. The van der Waals surface area contributed by atoms with Crippen LogP contribution in [0.25, 0.3) is 6.08 Å². The Bertz CT molecular complexity index is 901. The van der Waals surface area contributed by atoms with Gasteiger partial charge in [-0.15, -0.1) is 0 Å². The number of aromatic nitrogens is 3. The molecular formula is C19H19N5O3. The van der Waals surface area contributed by atoms with E-state index < -0.39 is 0 Å². The zero-order valence-electron chi connectivity index (χ0n) is 14.5. The molecule has 0 saturated heterocycles. The number of amides is 2. The summed E-state index contributed by atoms with van der Waals surface area (Å²) in [7, 11) is 0. The van der Waals surface area contributed by atoms with Gasteiger partial charge in [0.05, 0.1) is 12.8 Å². The quantitative estimate of drug-likeness (QED) is 0.595. The largest absolute Gasteiger partial charge is 0.465 e. The fourth-order valence-corrected chi connectivity index (χ4v) is 2.30. The molecule has 3 aromatic rings. The van der Waals surface area contributed by atoms with Crippen LogP contribution in [0.15, 0.2) is 65.7 Å². The molecule has 0 radical (unpaired) electrons. The van der Waals surface area contributed by atoms with Crippen LogP contribution < -0.4 is 10.6 Å². The Kier molecular flexibility index (Phi) is 6.13. The lowest BCUT2D eigenvalue weighted by Gasteiger charge is -2.03. The maximum atomic E-state index is 12.0. The van der Waals surface area contributed by atoms with Crippen LogP contribution in [0.5, 0.6) is 0 Å². The summed E-state index contributed by atoms with van der Waals surface area (Å²) in [4.78, 5) is 27.7. The Morgan fingerprint density at radius 1 is 1.22 bits per heavy atom. The third kappa shape index (κ3) is 5.96. The first kappa shape index (κ1) is 18.1. The van der Waals surface area contributed by atoms with E-state index in [9.17, 15) is 9.59 Å². The number of hydrogen-bond donors (Lipinski definition) is 2. The molecule has 138 valence electrons. The predicted molar refractivity (Wildman–Crippen MR) is 99.6 cm³/mol. The van der Waals surface area contributed by atoms with Crippen LogP contribution in [0.1, 0.15) is 17.7 Å². The van der Waals surface area contributed by atoms with Crippen LogP contribution >= 0.6 is 0 Å². The van der Waals surface area contributed by atoms with Gasteiger partial charge in [0.15, 0.2) is 5.82 Å². The fraction of sp³-hybridized carbons (Fsp3) is 0.158. The van der Waals surface area contributed by atoms with E-state index in [0.717, 1.165) is 5.56 Å². The Morgan fingerprint density at radius 2 is 2.15 bits per heavy atom. The third-order valence-electron chi connectivity index (χ3n) is 3.57. The number of furan rings is 1. The molecule has 0 aromatic carbocycles. The van der Waals surface area contributed by atoms with Crippen molar-refractivity contribution in [2.75, 3.05) is 11.9 Å². The van der Waals surface area contributed by atoms with Gasteiger partial charge in [0.1, 0.15) is 5.76 Å². The van der Waals surface area contributed by atoms with Crippen molar-refractivity contribution in [2.24, 2.45) is 0 Å². The summed E-state index contributed by atoms with van der Waals surface area (Å²) in [5, 5.41) is 9.64. The van der Waals surface area contributed by atoms with E-state index in [4.69, 9.17) is 4.42 Å². The number of rotatable bonds is 8. The lowest BCUT2D eigenvalue weighted by Crippen LogP contribution is -2.26. The Labute approximate surface area is 155 Å². The maximum Gasteiger partial charge on any atom is 0.244 e. The summed E-state index contributed by atoms with van der Waals surface area (Å²) in [6, 6.07) is 9.01. The van der Waals surface area contributed by atoms with Gasteiger partial charge in [0, 0.05) is 43.7 Å². The summed E-state index contributed by atoms with van der Waals surface area (Å²) >= 11 is 0. The highest BCUT2D eigenvalue weighted by Crippen LogP contribution is 2.06. The number of hydrogen-bond acceptors (Lipinski definition) is 5. The molecule has 2 amide bonds. The molecule has 8 heteroatoms. The molecule has 0 fully saturated rings. The van der Waals surface area contributed by atoms with Gasteiger partial charge in [-0.25, -0.2) is 0 Å². The van der Waals surface area contributed by atoms with E-state index in [0.29, 0.717) is 18.1 Å². The predicted octanol–water partition coefficient (Wildman–Crippen LogP) is 2.08. The van der Waals surface area contributed by atoms with Crippen LogP contribution in [0, 0.1) is 0 Å². The van der Waals surface area contributed by atoms with Crippen LogP contribution in [-0.2, 0) is 16.1 Å². The fourth-order valence-electron chi connectivity index (χ4n) is 2.30. The van der Waals surface area contributed by atoms with Gasteiger partial charge in [-0.3, -0.25) is 19.3 Å². The Hall–Kier alpha value is -3.68. The highest BCUT2D eigenvalue weighted by molar-refractivity contribution is 5.93. The minimum atomic E-state index is -0.292. The van der Waals surface area contributed by atoms with Gasteiger partial charge in [0.25, 0.3) is 0 Å². The van der Waals surface area contributed by atoms with Crippen molar-refractivity contribution in [3.05, 3.63) is 72.6 Å². The van der Waals surface area contributed by atoms with Crippen molar-refractivity contribution in [3.63, 3.8) is 0 Å². The van der Waals surface area contributed by atoms with E-state index >= 15 is 0 Å². The summed E-state index contributed by atoms with van der Waals surface area (Å²) in [5.41, 5.74) is 1.02. The van der Waals surface area contributed by atoms with Crippen molar-refractivity contribution < 1.29 is 14.0 Å². The SMILES string of the molecule is O=C(/C=C/c1ccco1)NCCC(=O)Nc1ccn(Cc2cccnc2)n1. The van der Waals surface area contributed by atoms with E-state index in [1.807, 2.05) is 12.1 Å². The molecule has 0 atom stereocenters. The summed E-state index contributed by atoms with van der Waals surface area (Å²) in [6.45, 7) is 0.797. The molecule has 0 saturated carbocycles. The molecule has 27 heavy (non-hydrogen) atoms. The number of anilines is 1. The van der Waals surface area contributed by atoms with Gasteiger partial charge >= 0.3 is 0 Å². The lowest BCUT2D eigenvalue weighted by molar-refractivity contribution is -0.117. The summed E-state index contributed by atoms with van der Waals surface area (Å²) in [5.74, 6) is 0.537. The molecule has 0 aliphatic rings. The standard InChI is InChI=1S/C19H19N5O3/c25-18(6-5-16-4-2-12-27-16)21-10-7-19(26)22-17-8-11-24(23-17)14-15-3-1-9-20-13-15/h1-6,8-9,11-13H,7,10,14H2,(H,21,25)(H,22,23,26)/b6-5+. The van der Waals surface area contributed by atoms with E-state index in [2.05, 4.69) is 20.7 Å². The van der Waals surface area contributed by atoms with Gasteiger partial charge in [-0.1, -0.05) is 6.07 Å². The van der Waals surface area contributed by atoms with Crippen molar-refractivity contribution in [1.82, 2.24) is 20.1 Å². The van der Waals surface area contributed by atoms with Gasteiger partial charge < -0.3 is 15.1 Å². The molecule has 0 spiro atoms. The molecule has 3 heterocycles. The number of nitrogens with one attached hydrogen (secondary N) is 2. The second-order valence-corrected chi connectivity index (χ2v) is 5.70. The smallest absolute Gasteiger partial charge is 0.244 e. The van der Waals surface area contributed by atoms with Crippen molar-refractivity contribution in [2.45, 2.75) is 13.0 Å². The lowest BCUT2D eigenvalue weighted by atomic mass is 10.3. The summed E-state index contributed by atoms with van der Waals surface area (Å²) < 4.78 is 6.81. The van der Waals surface area contributed by atoms with E-state index in [-0.39, 0.29) is 24.8 Å². The summed E-state index contributed by atoms with van der Waals surface area (Å²) in [6.07, 6.45) is 9.85. The molecule has 0 aliphatic carbocycles. The van der Waals surface area contributed by atoms with Crippen LogP contribution in [-0.4, -0.2) is 33.1 Å². The number of carbonyl (C=O) groups excluding carboxylic acids is 2. The molecule has 3 aromatic heterocycles. The number of nitrogens with zero attached hydrogens (tertiary/aromatic N) is 3. The minimum absolute atomic E-state index is 0.149. The van der Waals surface area contributed by atoms with Crippen molar-refractivity contribution >= 4 is 23.7 Å². The third-order valence-corrected chi connectivity index (χ3v) is 3.57. The number of carbonyl (C=O) groups is 2. The average Bonchev–Trinajstić information content (AvgIpc) is 3.33. The van der Waals surface area contributed by atoms with Crippen LogP contribution in [0.3, 0.4) is 0 Å². The zero-order valence-corrected chi connectivity index (χ0v) is 14.5. The monoisotopic (exact) mass is 365 g/mol. The van der Waals surface area contributed by atoms with Gasteiger partial charge in [-0.05, 0) is 29.8 Å². The molecule has 0 aliphatic heterocycles. The molecular weight excluding hydrogens is 346 g/mol. The second-order valence-electron chi connectivity index (χ2n) is 5.70. The first-order chi connectivity index (χ1) is 13.2. The average molecular weight is 365 g/mol. The highest BCUT2D eigenvalue weighted by atomic mass is 16.3. The Balaban J connectivity index is 1.38. The minimum Gasteiger partial charge on any atom is -0.465 e. The molecule has 0 bridgehead atoms. The molecule has 3 rings (SSSR count). The topological polar surface area (TPSA) is 102 Å². The van der Waals surface area contributed by atoms with E-state index in [1.54, 1.807) is 47.5 Å². The molecule has 0 unspecified atom stereocenters. The van der Waals surface area contributed by atoms with Crippen molar-refractivity contribution in [3.8, 4) is 0 Å². The zero-order chi connectivity index (χ0) is 18.9. The first-order valence-electron chi connectivity index (χ1n) is 8.41. The maximum absolute atomic E-state index is 12.0.